The molecule has 7 nitrogen and oxygen atoms in total. The third kappa shape index (κ3) is 4.03. The predicted octanol–water partition coefficient (Wildman–Crippen LogP) is 1.27. The Morgan fingerprint density at radius 3 is 2.30 bits per heavy atom. The maximum Gasteiger partial charge on any atom is 0.279 e. The molecule has 0 saturated carbocycles. The van der Waals surface area contributed by atoms with Crippen molar-refractivity contribution in [3.8, 4) is 5.75 Å². The second-order valence-corrected chi connectivity index (χ2v) is 9.58. The Hall–Kier alpha value is -1.61. The summed E-state index contributed by atoms with van der Waals surface area (Å²) in [6.45, 7) is 3.33. The minimum Gasteiger partial charge on any atom is -0.497 e. The number of rotatable bonds is 5. The molecule has 128 valence electrons. The van der Waals surface area contributed by atoms with Crippen LogP contribution in [0.5, 0.6) is 5.75 Å². The Morgan fingerprint density at radius 1 is 1.26 bits per heavy atom. The van der Waals surface area contributed by atoms with Gasteiger partial charge in [0, 0.05) is 5.71 Å². The molecule has 2 rings (SSSR count). The monoisotopic (exact) mass is 360 g/mol. The topological polar surface area (TPSA) is 93.1 Å². The zero-order chi connectivity index (χ0) is 17.3. The first-order chi connectivity index (χ1) is 10.7. The highest BCUT2D eigenvalue weighted by atomic mass is 32.2. The third-order valence-electron chi connectivity index (χ3n) is 3.42. The fourth-order valence-corrected chi connectivity index (χ4v) is 5.66. The van der Waals surface area contributed by atoms with Gasteiger partial charge in [-0.1, -0.05) is 0 Å². The summed E-state index contributed by atoms with van der Waals surface area (Å²) in [5.74, 6) is 0.304. The summed E-state index contributed by atoms with van der Waals surface area (Å²) in [7, 11) is -5.66. The quantitative estimate of drug-likeness (QED) is 0.582. The van der Waals surface area contributed by atoms with E-state index in [2.05, 4.69) is 5.10 Å². The van der Waals surface area contributed by atoms with Gasteiger partial charge < -0.3 is 4.74 Å². The van der Waals surface area contributed by atoms with Crippen LogP contribution in [0, 0.1) is 0 Å². The molecule has 0 spiro atoms. The lowest BCUT2D eigenvalue weighted by Gasteiger charge is -2.25. The van der Waals surface area contributed by atoms with Gasteiger partial charge in [0.25, 0.3) is 10.0 Å². The SMILES string of the molecule is COc1ccc(S(=O)(=O)N(N=C(C)C)[C@H]2CCS(=O)(=O)C2)cc1. The van der Waals surface area contributed by atoms with Crippen LogP contribution < -0.4 is 4.74 Å². The number of benzene rings is 1. The molecule has 9 heteroatoms. The summed E-state index contributed by atoms with van der Waals surface area (Å²) in [6.07, 6.45) is 0.245. The number of hydrogen-bond donors (Lipinski definition) is 0. The fourth-order valence-electron chi connectivity index (χ4n) is 2.33. The van der Waals surface area contributed by atoms with E-state index >= 15 is 0 Å². The van der Waals surface area contributed by atoms with E-state index in [4.69, 9.17) is 4.74 Å². The summed E-state index contributed by atoms with van der Waals surface area (Å²) in [5, 5.41) is 4.08. The number of sulfone groups is 1. The van der Waals surface area contributed by atoms with Crippen LogP contribution in [0.2, 0.25) is 0 Å². The molecular weight excluding hydrogens is 340 g/mol. The molecule has 1 heterocycles. The maximum absolute atomic E-state index is 12.8. The van der Waals surface area contributed by atoms with Crippen LogP contribution in [0.1, 0.15) is 20.3 Å². The molecule has 0 aromatic heterocycles. The van der Waals surface area contributed by atoms with Crippen molar-refractivity contribution in [3.05, 3.63) is 24.3 Å². The van der Waals surface area contributed by atoms with Crippen molar-refractivity contribution < 1.29 is 21.6 Å². The Bertz CT molecular complexity index is 794. The highest BCUT2D eigenvalue weighted by Gasteiger charge is 2.38. The van der Waals surface area contributed by atoms with Gasteiger partial charge in [0.1, 0.15) is 5.75 Å². The van der Waals surface area contributed by atoms with Crippen LogP contribution in [-0.4, -0.2) is 51.6 Å². The third-order valence-corrected chi connectivity index (χ3v) is 6.91. The van der Waals surface area contributed by atoms with Crippen LogP contribution in [0.4, 0.5) is 0 Å². The average molecular weight is 360 g/mol. The molecule has 0 radical (unpaired) electrons. The minimum absolute atomic E-state index is 0.0232. The van der Waals surface area contributed by atoms with Crippen LogP contribution in [-0.2, 0) is 19.9 Å². The average Bonchev–Trinajstić information content (AvgIpc) is 2.84. The molecule has 0 N–H and O–H groups in total. The van der Waals surface area contributed by atoms with Crippen molar-refractivity contribution in [1.29, 1.82) is 0 Å². The molecule has 1 fully saturated rings. The van der Waals surface area contributed by atoms with Crippen molar-refractivity contribution in [1.82, 2.24) is 4.41 Å². The van der Waals surface area contributed by atoms with Gasteiger partial charge in [0.05, 0.1) is 29.6 Å². The lowest BCUT2D eigenvalue weighted by atomic mass is 10.3. The number of sulfonamides is 1. The number of hydrogen-bond acceptors (Lipinski definition) is 6. The molecule has 1 aliphatic rings. The van der Waals surface area contributed by atoms with Gasteiger partial charge in [0.2, 0.25) is 0 Å². The van der Waals surface area contributed by atoms with Gasteiger partial charge >= 0.3 is 0 Å². The normalized spacial score (nSPS) is 20.0. The summed E-state index contributed by atoms with van der Waals surface area (Å²) in [4.78, 5) is 0.0487. The summed E-state index contributed by atoms with van der Waals surface area (Å²) < 4.78 is 55.0. The molecule has 0 unspecified atom stereocenters. The Kier molecular flexibility index (Phi) is 5.00. The van der Waals surface area contributed by atoms with E-state index in [0.29, 0.717) is 11.5 Å². The van der Waals surface area contributed by atoms with Gasteiger partial charge in [-0.2, -0.15) is 17.9 Å². The van der Waals surface area contributed by atoms with Crippen LogP contribution in [0.3, 0.4) is 0 Å². The molecule has 0 amide bonds. The van der Waals surface area contributed by atoms with Crippen LogP contribution >= 0.6 is 0 Å². The Labute approximate surface area is 136 Å². The summed E-state index contributed by atoms with van der Waals surface area (Å²) >= 11 is 0. The number of methoxy groups -OCH3 is 1. The van der Waals surface area contributed by atoms with Gasteiger partial charge in [-0.05, 0) is 44.5 Å². The largest absolute Gasteiger partial charge is 0.497 e. The van der Waals surface area contributed by atoms with Gasteiger partial charge in [0.15, 0.2) is 9.84 Å². The standard InChI is InChI=1S/C14H20N2O5S2/c1-11(2)15-16(12-8-9-22(17,18)10-12)23(19,20)14-6-4-13(21-3)5-7-14/h4-7,12H,8-10H2,1-3H3/t12-/m0/s1. The second kappa shape index (κ2) is 6.48. The summed E-state index contributed by atoms with van der Waals surface area (Å²) in [5.41, 5.74) is 0.534. The van der Waals surface area contributed by atoms with Crippen molar-refractivity contribution in [2.24, 2.45) is 5.10 Å². The molecule has 1 aliphatic heterocycles. The molecule has 1 aromatic carbocycles. The van der Waals surface area contributed by atoms with E-state index < -0.39 is 25.9 Å². The zero-order valence-electron chi connectivity index (χ0n) is 13.3. The smallest absolute Gasteiger partial charge is 0.279 e. The summed E-state index contributed by atoms with van der Waals surface area (Å²) in [6, 6.07) is 5.25. The highest BCUT2D eigenvalue weighted by Crippen LogP contribution is 2.26. The van der Waals surface area contributed by atoms with E-state index in [1.54, 1.807) is 26.0 Å². The van der Waals surface area contributed by atoms with Gasteiger partial charge in [-0.25, -0.2) is 8.42 Å². The second-order valence-electron chi connectivity index (χ2n) is 5.56. The molecule has 1 aromatic rings. The van der Waals surface area contributed by atoms with Crippen molar-refractivity contribution in [3.63, 3.8) is 0 Å². The van der Waals surface area contributed by atoms with Crippen molar-refractivity contribution >= 4 is 25.6 Å². The first kappa shape index (κ1) is 17.7. The van der Waals surface area contributed by atoms with Gasteiger partial charge in [-0.15, -0.1) is 0 Å². The minimum atomic E-state index is -3.93. The lowest BCUT2D eigenvalue weighted by molar-refractivity contribution is 0.354. The van der Waals surface area contributed by atoms with E-state index in [1.165, 1.54) is 19.2 Å². The van der Waals surface area contributed by atoms with E-state index in [-0.39, 0.29) is 22.8 Å². The van der Waals surface area contributed by atoms with Crippen molar-refractivity contribution in [2.75, 3.05) is 18.6 Å². The number of nitrogens with zero attached hydrogens (tertiary/aromatic N) is 2. The molecule has 0 aliphatic carbocycles. The Balaban J connectivity index is 2.43. The predicted molar refractivity (Wildman–Crippen MR) is 87.9 cm³/mol. The van der Waals surface area contributed by atoms with Crippen LogP contribution in [0.25, 0.3) is 0 Å². The van der Waals surface area contributed by atoms with Gasteiger partial charge in [-0.3, -0.25) is 0 Å². The molecular formula is C14H20N2O5S2. The van der Waals surface area contributed by atoms with Crippen LogP contribution in [0.15, 0.2) is 34.3 Å². The molecule has 1 atom stereocenters. The number of hydrazone groups is 1. The zero-order valence-corrected chi connectivity index (χ0v) is 14.9. The molecule has 1 saturated heterocycles. The first-order valence-corrected chi connectivity index (χ1v) is 10.3. The maximum atomic E-state index is 12.8. The van der Waals surface area contributed by atoms with Crippen molar-refractivity contribution in [2.45, 2.75) is 31.2 Å². The highest BCUT2D eigenvalue weighted by molar-refractivity contribution is 7.92. The van der Waals surface area contributed by atoms with E-state index in [0.717, 1.165) is 4.41 Å². The lowest BCUT2D eigenvalue weighted by Crippen LogP contribution is -2.37. The number of ether oxygens (including phenoxy) is 1. The molecule has 23 heavy (non-hydrogen) atoms. The van der Waals surface area contributed by atoms with E-state index in [9.17, 15) is 16.8 Å². The fraction of sp³-hybridized carbons (Fsp3) is 0.500. The first-order valence-electron chi connectivity index (χ1n) is 7.06. The molecule has 0 bridgehead atoms. The Morgan fingerprint density at radius 2 is 1.87 bits per heavy atom. The van der Waals surface area contributed by atoms with E-state index in [1.807, 2.05) is 0 Å².